The first-order valence-corrected chi connectivity index (χ1v) is 9.32. The zero-order valence-corrected chi connectivity index (χ0v) is 14.9. The summed E-state index contributed by atoms with van der Waals surface area (Å²) in [5.41, 5.74) is 3.14. The highest BCUT2D eigenvalue weighted by Gasteiger charge is 2.18. The van der Waals surface area contributed by atoms with Crippen LogP contribution in [-0.4, -0.2) is 49.1 Å². The van der Waals surface area contributed by atoms with Crippen molar-refractivity contribution in [1.29, 1.82) is 0 Å². The number of rotatable bonds is 5. The van der Waals surface area contributed by atoms with Gasteiger partial charge in [0.1, 0.15) is 0 Å². The normalized spacial score (nSPS) is 16.7. The largest absolute Gasteiger partial charge is 0.465 e. The third-order valence-corrected chi connectivity index (χ3v) is 5.22. The lowest BCUT2D eigenvalue weighted by atomic mass is 10.1. The molecule has 128 valence electrons. The van der Waals surface area contributed by atoms with Gasteiger partial charge < -0.3 is 4.74 Å². The van der Waals surface area contributed by atoms with E-state index in [9.17, 15) is 4.79 Å². The van der Waals surface area contributed by atoms with E-state index in [1.54, 1.807) is 11.3 Å². The Kier molecular flexibility index (Phi) is 6.01. The van der Waals surface area contributed by atoms with Crippen molar-refractivity contribution < 1.29 is 9.53 Å². The number of benzene rings is 1. The van der Waals surface area contributed by atoms with E-state index in [0.717, 1.165) is 51.3 Å². The summed E-state index contributed by atoms with van der Waals surface area (Å²) in [7, 11) is 1.44. The van der Waals surface area contributed by atoms with Crippen LogP contribution in [-0.2, 0) is 17.8 Å². The minimum atomic E-state index is -0.250. The summed E-state index contributed by atoms with van der Waals surface area (Å²) < 4.78 is 4.90. The van der Waals surface area contributed by atoms with Gasteiger partial charge in [0.2, 0.25) is 0 Å². The molecule has 2 aromatic rings. The number of nitrogens with zero attached hydrogens (tertiary/aromatic N) is 2. The monoisotopic (exact) mass is 344 g/mol. The topological polar surface area (TPSA) is 32.8 Å². The van der Waals surface area contributed by atoms with Crippen molar-refractivity contribution in [3.63, 3.8) is 0 Å². The molecule has 1 aliphatic heterocycles. The SMILES string of the molecule is COC(=O)c1ccccc1CN1CCCN(Cc2ccsc2)CC1. The summed E-state index contributed by atoms with van der Waals surface area (Å²) in [4.78, 5) is 16.9. The van der Waals surface area contributed by atoms with Gasteiger partial charge in [-0.05, 0) is 53.5 Å². The molecule has 1 fully saturated rings. The van der Waals surface area contributed by atoms with Crippen LogP contribution in [0, 0.1) is 0 Å². The molecule has 0 radical (unpaired) electrons. The second-order valence-corrected chi connectivity index (χ2v) is 6.97. The molecule has 0 amide bonds. The van der Waals surface area contributed by atoms with Gasteiger partial charge in [-0.15, -0.1) is 0 Å². The van der Waals surface area contributed by atoms with Gasteiger partial charge in [-0.25, -0.2) is 4.79 Å². The van der Waals surface area contributed by atoms with Crippen LogP contribution in [0.4, 0.5) is 0 Å². The maximum atomic E-state index is 11.9. The van der Waals surface area contributed by atoms with Gasteiger partial charge in [0, 0.05) is 26.2 Å². The van der Waals surface area contributed by atoms with Crippen molar-refractivity contribution >= 4 is 17.3 Å². The fourth-order valence-electron chi connectivity index (χ4n) is 3.19. The van der Waals surface area contributed by atoms with Gasteiger partial charge in [-0.2, -0.15) is 11.3 Å². The Labute approximate surface area is 147 Å². The lowest BCUT2D eigenvalue weighted by Gasteiger charge is -2.22. The Hall–Kier alpha value is -1.69. The molecule has 0 spiro atoms. The predicted molar refractivity (Wildman–Crippen MR) is 97.3 cm³/mol. The first kappa shape index (κ1) is 17.1. The van der Waals surface area contributed by atoms with E-state index in [0.29, 0.717) is 5.56 Å². The summed E-state index contributed by atoms with van der Waals surface area (Å²) in [6, 6.07) is 9.96. The second-order valence-electron chi connectivity index (χ2n) is 6.19. The third-order valence-electron chi connectivity index (χ3n) is 4.48. The number of thiophene rings is 1. The first-order valence-electron chi connectivity index (χ1n) is 8.38. The van der Waals surface area contributed by atoms with Crippen molar-refractivity contribution in [3.8, 4) is 0 Å². The first-order chi connectivity index (χ1) is 11.8. The molecule has 24 heavy (non-hydrogen) atoms. The number of esters is 1. The molecule has 1 aliphatic rings. The highest BCUT2D eigenvalue weighted by molar-refractivity contribution is 7.07. The molecule has 1 saturated heterocycles. The average molecular weight is 344 g/mol. The van der Waals surface area contributed by atoms with Crippen LogP contribution in [0.2, 0.25) is 0 Å². The van der Waals surface area contributed by atoms with Crippen LogP contribution < -0.4 is 0 Å². The summed E-state index contributed by atoms with van der Waals surface area (Å²) in [5.74, 6) is -0.250. The summed E-state index contributed by atoms with van der Waals surface area (Å²) in [6.45, 7) is 6.13. The van der Waals surface area contributed by atoms with Gasteiger partial charge in [0.15, 0.2) is 0 Å². The lowest BCUT2D eigenvalue weighted by molar-refractivity contribution is 0.0598. The second kappa shape index (κ2) is 8.42. The van der Waals surface area contributed by atoms with Crippen LogP contribution in [0.15, 0.2) is 41.1 Å². The number of ether oxygens (including phenoxy) is 1. The quantitative estimate of drug-likeness (QED) is 0.780. The van der Waals surface area contributed by atoms with E-state index in [-0.39, 0.29) is 5.97 Å². The molecule has 3 rings (SSSR count). The Morgan fingerprint density at radius 1 is 1.08 bits per heavy atom. The maximum Gasteiger partial charge on any atom is 0.338 e. The number of carbonyl (C=O) groups excluding carboxylic acids is 1. The molecule has 1 aromatic heterocycles. The summed E-state index contributed by atoms with van der Waals surface area (Å²) in [6.07, 6.45) is 1.16. The van der Waals surface area contributed by atoms with E-state index in [2.05, 4.69) is 26.6 Å². The fourth-order valence-corrected chi connectivity index (χ4v) is 3.85. The Bertz CT molecular complexity index is 657. The molecule has 1 aromatic carbocycles. The van der Waals surface area contributed by atoms with Gasteiger partial charge in [-0.3, -0.25) is 9.80 Å². The molecule has 0 aliphatic carbocycles. The predicted octanol–water partition coefficient (Wildman–Crippen LogP) is 3.24. The Balaban J connectivity index is 1.60. The molecule has 4 nitrogen and oxygen atoms in total. The summed E-state index contributed by atoms with van der Waals surface area (Å²) in [5, 5.41) is 4.37. The molecule has 0 atom stereocenters. The molecule has 0 bridgehead atoms. The highest BCUT2D eigenvalue weighted by Crippen LogP contribution is 2.16. The van der Waals surface area contributed by atoms with Crippen LogP contribution in [0.25, 0.3) is 0 Å². The minimum absolute atomic E-state index is 0.250. The van der Waals surface area contributed by atoms with E-state index in [1.165, 1.54) is 12.7 Å². The number of hydrogen-bond acceptors (Lipinski definition) is 5. The molecule has 2 heterocycles. The molecular formula is C19H24N2O2S. The molecule has 0 saturated carbocycles. The molecular weight excluding hydrogens is 320 g/mol. The maximum absolute atomic E-state index is 11.9. The van der Waals surface area contributed by atoms with Gasteiger partial charge >= 0.3 is 5.97 Å². The van der Waals surface area contributed by atoms with Gasteiger partial charge in [0.05, 0.1) is 12.7 Å². The number of hydrogen-bond donors (Lipinski definition) is 0. The van der Waals surface area contributed by atoms with Crippen LogP contribution in [0.5, 0.6) is 0 Å². The van der Waals surface area contributed by atoms with Crippen molar-refractivity contribution in [3.05, 3.63) is 57.8 Å². The minimum Gasteiger partial charge on any atom is -0.465 e. The van der Waals surface area contributed by atoms with Crippen LogP contribution >= 0.6 is 11.3 Å². The van der Waals surface area contributed by atoms with Crippen LogP contribution in [0.1, 0.15) is 27.9 Å². The Morgan fingerprint density at radius 3 is 2.54 bits per heavy atom. The highest BCUT2D eigenvalue weighted by atomic mass is 32.1. The average Bonchev–Trinajstić information content (AvgIpc) is 3.02. The van der Waals surface area contributed by atoms with Crippen LogP contribution in [0.3, 0.4) is 0 Å². The fraction of sp³-hybridized carbons (Fsp3) is 0.421. The lowest BCUT2D eigenvalue weighted by Crippen LogP contribution is -2.30. The molecule has 5 heteroatoms. The van der Waals surface area contributed by atoms with E-state index < -0.39 is 0 Å². The number of methoxy groups -OCH3 is 1. The zero-order chi connectivity index (χ0) is 16.8. The van der Waals surface area contributed by atoms with Gasteiger partial charge in [-0.1, -0.05) is 18.2 Å². The smallest absolute Gasteiger partial charge is 0.338 e. The Morgan fingerprint density at radius 2 is 1.83 bits per heavy atom. The summed E-state index contributed by atoms with van der Waals surface area (Å²) >= 11 is 1.76. The van der Waals surface area contributed by atoms with E-state index in [4.69, 9.17) is 4.74 Å². The zero-order valence-electron chi connectivity index (χ0n) is 14.1. The van der Waals surface area contributed by atoms with Crippen molar-refractivity contribution in [2.75, 3.05) is 33.3 Å². The molecule has 0 unspecified atom stereocenters. The van der Waals surface area contributed by atoms with Crippen molar-refractivity contribution in [2.24, 2.45) is 0 Å². The van der Waals surface area contributed by atoms with Crippen molar-refractivity contribution in [2.45, 2.75) is 19.5 Å². The van der Waals surface area contributed by atoms with Crippen molar-refractivity contribution in [1.82, 2.24) is 9.80 Å². The molecule has 0 N–H and O–H groups in total. The number of carbonyl (C=O) groups is 1. The third kappa shape index (κ3) is 4.44. The van der Waals surface area contributed by atoms with E-state index >= 15 is 0 Å². The van der Waals surface area contributed by atoms with E-state index in [1.807, 2.05) is 24.3 Å². The standard InChI is InChI=1S/C19H24N2O2S/c1-23-19(22)18-6-3-2-5-17(18)14-21-9-4-8-20(10-11-21)13-16-7-12-24-15-16/h2-3,5-7,12,15H,4,8-11,13-14H2,1H3. The van der Waals surface area contributed by atoms with Gasteiger partial charge in [0.25, 0.3) is 0 Å².